The summed E-state index contributed by atoms with van der Waals surface area (Å²) < 4.78 is 1.80. The first kappa shape index (κ1) is 15.2. The number of rotatable bonds is 4. The number of aromatic nitrogens is 4. The Morgan fingerprint density at radius 1 is 1.41 bits per heavy atom. The largest absolute Gasteiger partial charge is 0.368 e. The number of aryl methyl sites for hydroxylation is 2. The van der Waals surface area contributed by atoms with Crippen LogP contribution < -0.4 is 5.32 Å². The zero-order chi connectivity index (χ0) is 15.7. The van der Waals surface area contributed by atoms with Crippen molar-refractivity contribution in [2.24, 2.45) is 13.0 Å². The Kier molecular flexibility index (Phi) is 4.29. The van der Waals surface area contributed by atoms with Crippen molar-refractivity contribution >= 4 is 16.9 Å². The number of fused-ring (bicyclic) bond motifs is 1. The Morgan fingerprint density at radius 2 is 2.23 bits per heavy atom. The Morgan fingerprint density at radius 3 is 3.00 bits per heavy atom. The van der Waals surface area contributed by atoms with Crippen molar-refractivity contribution in [2.45, 2.75) is 39.7 Å². The van der Waals surface area contributed by atoms with E-state index in [2.05, 4.69) is 39.1 Å². The number of hydrogen-bond donors (Lipinski definition) is 1. The Balaban J connectivity index is 1.71. The predicted octanol–water partition coefficient (Wildman–Crippen LogP) is 2.20. The van der Waals surface area contributed by atoms with Crippen LogP contribution in [0.25, 0.3) is 11.0 Å². The molecule has 0 amide bonds. The summed E-state index contributed by atoms with van der Waals surface area (Å²) in [5, 5.41) is 8.79. The lowest BCUT2D eigenvalue weighted by molar-refractivity contribution is 0.144. The number of hydrogen-bond acceptors (Lipinski definition) is 5. The summed E-state index contributed by atoms with van der Waals surface area (Å²) in [6, 6.07) is 0.504. The maximum atomic E-state index is 4.55. The minimum Gasteiger partial charge on any atom is -0.368 e. The van der Waals surface area contributed by atoms with E-state index in [0.717, 1.165) is 35.1 Å². The Labute approximate surface area is 131 Å². The van der Waals surface area contributed by atoms with E-state index in [1.807, 2.05) is 20.2 Å². The van der Waals surface area contributed by atoms with Gasteiger partial charge in [-0.05, 0) is 39.2 Å². The molecule has 0 bridgehead atoms. The summed E-state index contributed by atoms with van der Waals surface area (Å²) in [5.74, 6) is 2.48. The van der Waals surface area contributed by atoms with Gasteiger partial charge < -0.3 is 5.32 Å². The summed E-state index contributed by atoms with van der Waals surface area (Å²) >= 11 is 0. The second-order valence-electron chi connectivity index (χ2n) is 6.60. The molecule has 22 heavy (non-hydrogen) atoms. The SMILES string of the molecule is Cc1nc(NCC(C)N2CCCC(C)C2)c2cnn(C)c2n1. The second-order valence-corrected chi connectivity index (χ2v) is 6.60. The molecule has 1 fully saturated rings. The lowest BCUT2D eigenvalue weighted by Crippen LogP contribution is -2.43. The Hall–Kier alpha value is -1.69. The minimum absolute atomic E-state index is 0.504. The van der Waals surface area contributed by atoms with Crippen LogP contribution in [0.1, 0.15) is 32.5 Å². The highest BCUT2D eigenvalue weighted by molar-refractivity contribution is 5.86. The molecule has 1 N–H and O–H groups in total. The first-order valence-corrected chi connectivity index (χ1v) is 8.19. The van der Waals surface area contributed by atoms with Gasteiger partial charge in [-0.3, -0.25) is 9.58 Å². The summed E-state index contributed by atoms with van der Waals surface area (Å²) in [4.78, 5) is 11.6. The van der Waals surface area contributed by atoms with Gasteiger partial charge in [-0.25, -0.2) is 9.97 Å². The molecule has 6 heteroatoms. The molecule has 2 aromatic heterocycles. The monoisotopic (exact) mass is 302 g/mol. The predicted molar refractivity (Wildman–Crippen MR) is 89.0 cm³/mol. The highest BCUT2D eigenvalue weighted by Crippen LogP contribution is 2.21. The molecule has 0 aliphatic carbocycles. The number of nitrogens with one attached hydrogen (secondary N) is 1. The van der Waals surface area contributed by atoms with Gasteiger partial charge in [0.05, 0.1) is 11.6 Å². The maximum absolute atomic E-state index is 4.55. The molecule has 1 saturated heterocycles. The Bertz CT molecular complexity index is 649. The highest BCUT2D eigenvalue weighted by atomic mass is 15.3. The third-order valence-corrected chi connectivity index (χ3v) is 4.58. The first-order valence-electron chi connectivity index (χ1n) is 8.19. The summed E-state index contributed by atoms with van der Waals surface area (Å²) in [6.45, 7) is 9.87. The molecule has 2 unspecified atom stereocenters. The van der Waals surface area contributed by atoms with Crippen molar-refractivity contribution < 1.29 is 0 Å². The van der Waals surface area contributed by atoms with E-state index in [1.54, 1.807) is 4.68 Å². The fourth-order valence-electron chi connectivity index (χ4n) is 3.27. The van der Waals surface area contributed by atoms with E-state index in [1.165, 1.54) is 25.9 Å². The van der Waals surface area contributed by atoms with Gasteiger partial charge >= 0.3 is 0 Å². The summed E-state index contributed by atoms with van der Waals surface area (Å²) in [7, 11) is 1.91. The van der Waals surface area contributed by atoms with E-state index in [0.29, 0.717) is 6.04 Å². The fourth-order valence-corrected chi connectivity index (χ4v) is 3.27. The van der Waals surface area contributed by atoms with Crippen molar-refractivity contribution in [3.63, 3.8) is 0 Å². The third kappa shape index (κ3) is 3.06. The van der Waals surface area contributed by atoms with Crippen LogP contribution in [-0.4, -0.2) is 50.3 Å². The average molecular weight is 302 g/mol. The molecular weight excluding hydrogens is 276 g/mol. The van der Waals surface area contributed by atoms with Gasteiger partial charge in [0, 0.05) is 26.2 Å². The van der Waals surface area contributed by atoms with Crippen molar-refractivity contribution in [3.05, 3.63) is 12.0 Å². The molecule has 0 spiro atoms. The highest BCUT2D eigenvalue weighted by Gasteiger charge is 2.21. The van der Waals surface area contributed by atoms with Gasteiger partial charge in [-0.1, -0.05) is 6.92 Å². The fraction of sp³-hybridized carbons (Fsp3) is 0.688. The molecule has 0 radical (unpaired) electrons. The molecule has 3 heterocycles. The molecule has 120 valence electrons. The van der Waals surface area contributed by atoms with Crippen LogP contribution in [0.3, 0.4) is 0 Å². The van der Waals surface area contributed by atoms with Crippen LogP contribution in [0, 0.1) is 12.8 Å². The van der Waals surface area contributed by atoms with Crippen LogP contribution >= 0.6 is 0 Å². The van der Waals surface area contributed by atoms with E-state index >= 15 is 0 Å². The van der Waals surface area contributed by atoms with Gasteiger partial charge in [0.1, 0.15) is 11.6 Å². The van der Waals surface area contributed by atoms with Crippen LogP contribution in [0.4, 0.5) is 5.82 Å². The van der Waals surface area contributed by atoms with Crippen molar-refractivity contribution in [1.82, 2.24) is 24.6 Å². The van der Waals surface area contributed by atoms with Gasteiger partial charge in [-0.2, -0.15) is 5.10 Å². The maximum Gasteiger partial charge on any atom is 0.163 e. The van der Waals surface area contributed by atoms with Crippen LogP contribution in [0.5, 0.6) is 0 Å². The van der Waals surface area contributed by atoms with Crippen LogP contribution in [-0.2, 0) is 7.05 Å². The van der Waals surface area contributed by atoms with E-state index < -0.39 is 0 Å². The molecule has 1 aliphatic rings. The normalized spacial score (nSPS) is 21.2. The van der Waals surface area contributed by atoms with Gasteiger partial charge in [-0.15, -0.1) is 0 Å². The van der Waals surface area contributed by atoms with Gasteiger partial charge in [0.25, 0.3) is 0 Å². The quantitative estimate of drug-likeness (QED) is 0.938. The topological polar surface area (TPSA) is 58.9 Å². The minimum atomic E-state index is 0.504. The average Bonchev–Trinajstić information content (AvgIpc) is 2.86. The van der Waals surface area contributed by atoms with E-state index in [-0.39, 0.29) is 0 Å². The zero-order valence-corrected chi connectivity index (χ0v) is 14.0. The number of anilines is 1. The van der Waals surface area contributed by atoms with E-state index in [9.17, 15) is 0 Å². The molecule has 2 aromatic rings. The smallest absolute Gasteiger partial charge is 0.163 e. The number of piperidine rings is 1. The summed E-state index contributed by atoms with van der Waals surface area (Å²) in [6.07, 6.45) is 4.51. The lowest BCUT2D eigenvalue weighted by atomic mass is 9.99. The molecule has 1 aliphatic heterocycles. The summed E-state index contributed by atoms with van der Waals surface area (Å²) in [5.41, 5.74) is 0.884. The zero-order valence-electron chi connectivity index (χ0n) is 14.0. The third-order valence-electron chi connectivity index (χ3n) is 4.58. The molecule has 0 aromatic carbocycles. The molecule has 0 saturated carbocycles. The van der Waals surface area contributed by atoms with Gasteiger partial charge in [0.2, 0.25) is 0 Å². The lowest BCUT2D eigenvalue weighted by Gasteiger charge is -2.35. The number of likely N-dealkylation sites (tertiary alicyclic amines) is 1. The molecule has 3 rings (SSSR count). The first-order chi connectivity index (χ1) is 10.5. The molecule has 6 nitrogen and oxygen atoms in total. The standard InChI is InChI=1S/C16H26N6/c1-11-6-5-7-22(10-11)12(2)8-17-15-14-9-18-21(4)16(14)20-13(3)19-15/h9,11-12H,5-8,10H2,1-4H3,(H,17,19,20). The second kappa shape index (κ2) is 6.20. The molecular formula is C16H26N6. The van der Waals surface area contributed by atoms with Crippen molar-refractivity contribution in [2.75, 3.05) is 25.0 Å². The molecule has 2 atom stereocenters. The van der Waals surface area contributed by atoms with Crippen LogP contribution in [0.2, 0.25) is 0 Å². The van der Waals surface area contributed by atoms with Crippen molar-refractivity contribution in [1.29, 1.82) is 0 Å². The number of nitrogens with zero attached hydrogens (tertiary/aromatic N) is 5. The van der Waals surface area contributed by atoms with E-state index in [4.69, 9.17) is 0 Å². The van der Waals surface area contributed by atoms with Crippen molar-refractivity contribution in [3.8, 4) is 0 Å². The van der Waals surface area contributed by atoms with Gasteiger partial charge in [0.15, 0.2) is 5.65 Å². The van der Waals surface area contributed by atoms with Crippen LogP contribution in [0.15, 0.2) is 6.20 Å².